The van der Waals surface area contributed by atoms with Crippen LogP contribution in [-0.2, 0) is 11.3 Å². The predicted molar refractivity (Wildman–Crippen MR) is 117 cm³/mol. The maximum Gasteiger partial charge on any atom is 0.258 e. The highest BCUT2D eigenvalue weighted by molar-refractivity contribution is 5.80. The molecule has 8 heteroatoms. The number of hydrogen-bond donors (Lipinski definition) is 0. The zero-order valence-corrected chi connectivity index (χ0v) is 17.7. The summed E-state index contributed by atoms with van der Waals surface area (Å²) >= 11 is 0. The third-order valence-electron chi connectivity index (χ3n) is 5.73. The van der Waals surface area contributed by atoms with Gasteiger partial charge < -0.3 is 18.6 Å². The highest BCUT2D eigenvalue weighted by Crippen LogP contribution is 2.28. The standard InChI is InChI=1S/C23H25N5O3/c1-16-13-18(29-2)4-5-19(16)23-25-22(26-31-23)17-3-6-21-20(14-17)24-15-28(21)8-7-27-9-11-30-12-10-27/h3-6,13-15H,7-12H2,1-2H3. The third-order valence-corrected chi connectivity index (χ3v) is 5.73. The van der Waals surface area contributed by atoms with Crippen LogP contribution in [0.15, 0.2) is 47.2 Å². The van der Waals surface area contributed by atoms with Gasteiger partial charge in [0.05, 0.1) is 37.7 Å². The summed E-state index contributed by atoms with van der Waals surface area (Å²) in [5.41, 5.74) is 4.82. The SMILES string of the molecule is COc1ccc(-c2nc(-c3ccc4c(c3)ncn4CCN3CCOCC3)no2)c(C)c1. The van der Waals surface area contributed by atoms with Crippen LogP contribution < -0.4 is 4.74 Å². The molecule has 2 aromatic heterocycles. The summed E-state index contributed by atoms with van der Waals surface area (Å²) in [7, 11) is 1.65. The molecular formula is C23H25N5O3. The van der Waals surface area contributed by atoms with Gasteiger partial charge in [-0.3, -0.25) is 4.90 Å². The van der Waals surface area contributed by atoms with Crippen molar-refractivity contribution < 1.29 is 14.0 Å². The van der Waals surface area contributed by atoms with Crippen molar-refractivity contribution in [1.29, 1.82) is 0 Å². The van der Waals surface area contributed by atoms with Gasteiger partial charge in [0, 0.05) is 37.3 Å². The first-order chi connectivity index (χ1) is 15.2. The highest BCUT2D eigenvalue weighted by atomic mass is 16.5. The number of imidazole rings is 1. The lowest BCUT2D eigenvalue weighted by Gasteiger charge is -2.26. The Morgan fingerprint density at radius 3 is 2.74 bits per heavy atom. The molecule has 31 heavy (non-hydrogen) atoms. The number of benzene rings is 2. The first-order valence-corrected chi connectivity index (χ1v) is 10.5. The zero-order chi connectivity index (χ0) is 21.2. The fourth-order valence-corrected chi connectivity index (χ4v) is 3.91. The third kappa shape index (κ3) is 4.04. The summed E-state index contributed by atoms with van der Waals surface area (Å²) in [5, 5.41) is 4.19. The van der Waals surface area contributed by atoms with Crippen LogP contribution in [0.3, 0.4) is 0 Å². The molecule has 2 aromatic carbocycles. The van der Waals surface area contributed by atoms with E-state index in [1.165, 1.54) is 0 Å². The number of ether oxygens (including phenoxy) is 2. The van der Waals surface area contributed by atoms with Gasteiger partial charge in [0.2, 0.25) is 5.82 Å². The minimum atomic E-state index is 0.492. The Bertz CT molecular complexity index is 1190. The normalized spacial score (nSPS) is 14.9. The maximum absolute atomic E-state index is 5.54. The van der Waals surface area contributed by atoms with Crippen molar-refractivity contribution in [2.75, 3.05) is 40.0 Å². The molecule has 3 heterocycles. The van der Waals surface area contributed by atoms with Crippen LogP contribution in [0.5, 0.6) is 5.75 Å². The van der Waals surface area contributed by atoms with Crippen LogP contribution in [0.25, 0.3) is 33.9 Å². The van der Waals surface area contributed by atoms with Crippen molar-refractivity contribution in [2.45, 2.75) is 13.5 Å². The van der Waals surface area contributed by atoms with Crippen LogP contribution >= 0.6 is 0 Å². The van der Waals surface area contributed by atoms with Crippen LogP contribution in [0.4, 0.5) is 0 Å². The smallest absolute Gasteiger partial charge is 0.258 e. The second-order valence-electron chi connectivity index (χ2n) is 7.70. The van der Waals surface area contributed by atoms with Gasteiger partial charge in [-0.1, -0.05) is 5.16 Å². The molecule has 0 amide bonds. The predicted octanol–water partition coefficient (Wildman–Crippen LogP) is 3.40. The first kappa shape index (κ1) is 19.7. The quantitative estimate of drug-likeness (QED) is 0.474. The van der Waals surface area contributed by atoms with E-state index in [9.17, 15) is 0 Å². The number of aryl methyl sites for hydroxylation is 1. The Balaban J connectivity index is 1.35. The number of aromatic nitrogens is 4. The monoisotopic (exact) mass is 419 g/mol. The lowest BCUT2D eigenvalue weighted by molar-refractivity contribution is 0.0365. The fourth-order valence-electron chi connectivity index (χ4n) is 3.91. The number of methoxy groups -OCH3 is 1. The number of nitrogens with zero attached hydrogens (tertiary/aromatic N) is 5. The van der Waals surface area contributed by atoms with E-state index in [1.54, 1.807) is 7.11 Å². The van der Waals surface area contributed by atoms with Gasteiger partial charge in [-0.25, -0.2) is 4.98 Å². The molecule has 8 nitrogen and oxygen atoms in total. The van der Waals surface area contributed by atoms with Crippen molar-refractivity contribution >= 4 is 11.0 Å². The van der Waals surface area contributed by atoms with Crippen LogP contribution in [0, 0.1) is 6.92 Å². The molecule has 4 aromatic rings. The summed E-state index contributed by atoms with van der Waals surface area (Å²) < 4.78 is 18.4. The molecular weight excluding hydrogens is 394 g/mol. The molecule has 0 bridgehead atoms. The molecule has 0 atom stereocenters. The zero-order valence-electron chi connectivity index (χ0n) is 17.7. The number of fused-ring (bicyclic) bond motifs is 1. The number of morpholine rings is 1. The molecule has 0 radical (unpaired) electrons. The van der Waals surface area contributed by atoms with Crippen LogP contribution in [-0.4, -0.2) is 64.5 Å². The number of hydrogen-bond acceptors (Lipinski definition) is 7. The van der Waals surface area contributed by atoms with Crippen molar-refractivity contribution in [3.63, 3.8) is 0 Å². The highest BCUT2D eigenvalue weighted by Gasteiger charge is 2.15. The van der Waals surface area contributed by atoms with E-state index in [1.807, 2.05) is 43.6 Å². The van der Waals surface area contributed by atoms with Gasteiger partial charge in [0.1, 0.15) is 5.75 Å². The van der Waals surface area contributed by atoms with E-state index in [4.69, 9.17) is 14.0 Å². The topological polar surface area (TPSA) is 78.4 Å². The molecule has 0 aliphatic carbocycles. The lowest BCUT2D eigenvalue weighted by Crippen LogP contribution is -2.38. The Hall–Kier alpha value is -3.23. The van der Waals surface area contributed by atoms with Crippen LogP contribution in [0.1, 0.15) is 5.56 Å². The Labute approximate surface area is 180 Å². The van der Waals surface area contributed by atoms with Crippen molar-refractivity contribution in [3.05, 3.63) is 48.3 Å². The molecule has 1 fully saturated rings. The second kappa shape index (κ2) is 8.49. The Morgan fingerprint density at radius 1 is 1.06 bits per heavy atom. The lowest BCUT2D eigenvalue weighted by atomic mass is 10.1. The van der Waals surface area contributed by atoms with E-state index < -0.39 is 0 Å². The summed E-state index contributed by atoms with van der Waals surface area (Å²) in [6.45, 7) is 7.51. The van der Waals surface area contributed by atoms with Gasteiger partial charge in [-0.05, 0) is 48.9 Å². The fraction of sp³-hybridized carbons (Fsp3) is 0.348. The average molecular weight is 419 g/mol. The summed E-state index contributed by atoms with van der Waals surface area (Å²) in [6.07, 6.45) is 1.90. The summed E-state index contributed by atoms with van der Waals surface area (Å²) in [5.74, 6) is 1.84. The molecule has 1 saturated heterocycles. The van der Waals surface area contributed by atoms with E-state index in [2.05, 4.69) is 30.7 Å². The van der Waals surface area contributed by atoms with E-state index in [-0.39, 0.29) is 0 Å². The minimum Gasteiger partial charge on any atom is -0.497 e. The van der Waals surface area contributed by atoms with Gasteiger partial charge in [-0.2, -0.15) is 4.98 Å². The molecule has 0 N–H and O–H groups in total. The minimum absolute atomic E-state index is 0.492. The Morgan fingerprint density at radius 2 is 1.94 bits per heavy atom. The Kier molecular flexibility index (Phi) is 5.40. The second-order valence-corrected chi connectivity index (χ2v) is 7.70. The van der Waals surface area contributed by atoms with E-state index in [0.717, 1.165) is 72.9 Å². The van der Waals surface area contributed by atoms with Crippen molar-refractivity contribution in [2.24, 2.45) is 0 Å². The van der Waals surface area contributed by atoms with Crippen molar-refractivity contribution in [1.82, 2.24) is 24.6 Å². The first-order valence-electron chi connectivity index (χ1n) is 10.5. The van der Waals surface area contributed by atoms with E-state index >= 15 is 0 Å². The van der Waals surface area contributed by atoms with Gasteiger partial charge in [0.15, 0.2) is 0 Å². The molecule has 5 rings (SSSR count). The largest absolute Gasteiger partial charge is 0.497 e. The molecule has 1 aliphatic heterocycles. The van der Waals surface area contributed by atoms with Crippen LogP contribution in [0.2, 0.25) is 0 Å². The van der Waals surface area contributed by atoms with Gasteiger partial charge in [-0.15, -0.1) is 0 Å². The molecule has 1 aliphatic rings. The summed E-state index contributed by atoms with van der Waals surface area (Å²) in [6, 6.07) is 11.9. The number of rotatable bonds is 6. The van der Waals surface area contributed by atoms with Gasteiger partial charge >= 0.3 is 0 Å². The van der Waals surface area contributed by atoms with Gasteiger partial charge in [0.25, 0.3) is 5.89 Å². The average Bonchev–Trinajstić information content (AvgIpc) is 3.45. The summed E-state index contributed by atoms with van der Waals surface area (Å²) in [4.78, 5) is 11.6. The van der Waals surface area contributed by atoms with E-state index in [0.29, 0.717) is 11.7 Å². The van der Waals surface area contributed by atoms with Crippen molar-refractivity contribution in [3.8, 4) is 28.6 Å². The molecule has 0 unspecified atom stereocenters. The molecule has 0 spiro atoms. The maximum atomic E-state index is 5.54. The molecule has 0 saturated carbocycles. The molecule has 160 valence electrons.